The molecule has 0 aliphatic heterocycles. The van der Waals surface area contributed by atoms with Crippen LogP contribution in [0.15, 0.2) is 48.9 Å². The molecule has 0 fully saturated rings. The molecule has 0 saturated carbocycles. The molecule has 0 unspecified atom stereocenters. The maximum Gasteiger partial charge on any atom is 0.416 e. The SMILES string of the molecule is O=C(Cc1cccc(C(F)(F)F)c1)Nc1cccn2ncnc12. The minimum atomic E-state index is -4.43. The van der Waals surface area contributed by atoms with Crippen LogP contribution in [0.25, 0.3) is 5.65 Å². The lowest BCUT2D eigenvalue weighted by Gasteiger charge is -2.09. The number of carbonyl (C=O) groups is 1. The van der Waals surface area contributed by atoms with Gasteiger partial charge < -0.3 is 5.32 Å². The van der Waals surface area contributed by atoms with Crippen molar-refractivity contribution >= 4 is 17.2 Å². The molecule has 2 heterocycles. The van der Waals surface area contributed by atoms with Crippen LogP contribution in [-0.4, -0.2) is 20.5 Å². The van der Waals surface area contributed by atoms with E-state index >= 15 is 0 Å². The van der Waals surface area contributed by atoms with Gasteiger partial charge in [0.25, 0.3) is 0 Å². The number of nitrogens with zero attached hydrogens (tertiary/aromatic N) is 3. The molecule has 0 spiro atoms. The smallest absolute Gasteiger partial charge is 0.323 e. The minimum Gasteiger partial charge on any atom is -0.323 e. The van der Waals surface area contributed by atoms with Crippen molar-refractivity contribution in [2.75, 3.05) is 5.32 Å². The number of hydrogen-bond donors (Lipinski definition) is 1. The Balaban J connectivity index is 1.76. The lowest BCUT2D eigenvalue weighted by atomic mass is 10.1. The number of fused-ring (bicyclic) bond motifs is 1. The van der Waals surface area contributed by atoms with Gasteiger partial charge in [-0.25, -0.2) is 9.50 Å². The molecule has 3 rings (SSSR count). The minimum absolute atomic E-state index is 0.168. The molecule has 0 radical (unpaired) electrons. The molecule has 5 nitrogen and oxygen atoms in total. The lowest BCUT2D eigenvalue weighted by molar-refractivity contribution is -0.137. The van der Waals surface area contributed by atoms with Crippen LogP contribution in [-0.2, 0) is 17.4 Å². The van der Waals surface area contributed by atoms with Crippen molar-refractivity contribution in [1.82, 2.24) is 14.6 Å². The van der Waals surface area contributed by atoms with Crippen LogP contribution >= 0.6 is 0 Å². The number of rotatable bonds is 3. The summed E-state index contributed by atoms with van der Waals surface area (Å²) in [6.07, 6.45) is -1.58. The molecule has 1 amide bonds. The number of aromatic nitrogens is 3. The van der Waals surface area contributed by atoms with Crippen LogP contribution in [0.1, 0.15) is 11.1 Å². The van der Waals surface area contributed by atoms with Crippen LogP contribution in [0.3, 0.4) is 0 Å². The molecule has 0 aliphatic rings. The number of amides is 1. The average molecular weight is 320 g/mol. The van der Waals surface area contributed by atoms with E-state index in [0.717, 1.165) is 12.1 Å². The highest BCUT2D eigenvalue weighted by atomic mass is 19.4. The summed E-state index contributed by atoms with van der Waals surface area (Å²) in [7, 11) is 0. The van der Waals surface area contributed by atoms with Gasteiger partial charge in [-0.2, -0.15) is 18.3 Å². The fraction of sp³-hybridized carbons (Fsp3) is 0.133. The van der Waals surface area contributed by atoms with Gasteiger partial charge in [-0.15, -0.1) is 0 Å². The van der Waals surface area contributed by atoms with E-state index in [1.807, 2.05) is 0 Å². The predicted molar refractivity (Wildman–Crippen MR) is 76.8 cm³/mol. The first-order valence-electron chi connectivity index (χ1n) is 6.68. The Kier molecular flexibility index (Phi) is 3.73. The first kappa shape index (κ1) is 15.0. The van der Waals surface area contributed by atoms with Crippen LogP contribution in [0.4, 0.5) is 18.9 Å². The Labute approximate surface area is 128 Å². The molecule has 1 aromatic carbocycles. The highest BCUT2D eigenvalue weighted by molar-refractivity contribution is 5.95. The number of benzene rings is 1. The van der Waals surface area contributed by atoms with Gasteiger partial charge in [-0.1, -0.05) is 18.2 Å². The Morgan fingerprint density at radius 3 is 2.83 bits per heavy atom. The first-order chi connectivity index (χ1) is 10.9. The number of pyridine rings is 1. The number of nitrogens with one attached hydrogen (secondary N) is 1. The quantitative estimate of drug-likeness (QED) is 0.807. The molecule has 0 saturated heterocycles. The summed E-state index contributed by atoms with van der Waals surface area (Å²) < 4.78 is 39.5. The fourth-order valence-electron chi connectivity index (χ4n) is 2.18. The summed E-state index contributed by atoms with van der Waals surface area (Å²) in [5, 5.41) is 6.57. The maximum atomic E-state index is 12.7. The van der Waals surface area contributed by atoms with E-state index in [2.05, 4.69) is 15.4 Å². The second-order valence-corrected chi connectivity index (χ2v) is 4.87. The maximum absolute atomic E-state index is 12.7. The summed E-state index contributed by atoms with van der Waals surface area (Å²) in [4.78, 5) is 16.1. The topological polar surface area (TPSA) is 59.3 Å². The van der Waals surface area contributed by atoms with E-state index in [9.17, 15) is 18.0 Å². The normalized spacial score (nSPS) is 11.6. The molecule has 0 bridgehead atoms. The molecule has 8 heteroatoms. The Hall–Kier alpha value is -2.90. The Morgan fingerprint density at radius 2 is 2.04 bits per heavy atom. The number of carbonyl (C=O) groups excluding carboxylic acids is 1. The molecule has 23 heavy (non-hydrogen) atoms. The van der Waals surface area contributed by atoms with Gasteiger partial charge in [-0.05, 0) is 23.8 Å². The monoisotopic (exact) mass is 320 g/mol. The molecule has 0 atom stereocenters. The van der Waals surface area contributed by atoms with Crippen LogP contribution < -0.4 is 5.32 Å². The standard InChI is InChI=1S/C15H11F3N4O/c16-15(17,18)11-4-1-3-10(7-11)8-13(23)21-12-5-2-6-22-14(12)19-9-20-22/h1-7,9H,8H2,(H,21,23). The highest BCUT2D eigenvalue weighted by Crippen LogP contribution is 2.29. The number of hydrogen-bond acceptors (Lipinski definition) is 3. The summed E-state index contributed by atoms with van der Waals surface area (Å²) in [5.41, 5.74) is 0.417. The number of alkyl halides is 3. The molecule has 3 aromatic rings. The first-order valence-corrected chi connectivity index (χ1v) is 6.68. The van der Waals surface area contributed by atoms with Crippen molar-refractivity contribution in [3.8, 4) is 0 Å². The third-order valence-electron chi connectivity index (χ3n) is 3.20. The predicted octanol–water partition coefficient (Wildman–Crippen LogP) is 2.93. The largest absolute Gasteiger partial charge is 0.416 e. The molecule has 2 aromatic heterocycles. The second-order valence-electron chi connectivity index (χ2n) is 4.87. The third-order valence-corrected chi connectivity index (χ3v) is 3.20. The molecule has 118 valence electrons. The average Bonchev–Trinajstić information content (AvgIpc) is 2.96. The number of halogens is 3. The van der Waals surface area contributed by atoms with Crippen LogP contribution in [0.5, 0.6) is 0 Å². The van der Waals surface area contributed by atoms with Crippen molar-refractivity contribution < 1.29 is 18.0 Å². The van der Waals surface area contributed by atoms with Gasteiger partial charge >= 0.3 is 6.18 Å². The molecular weight excluding hydrogens is 309 g/mol. The van der Waals surface area contributed by atoms with Gasteiger partial charge in [-0.3, -0.25) is 4.79 Å². The van der Waals surface area contributed by atoms with Crippen molar-refractivity contribution in [2.45, 2.75) is 12.6 Å². The van der Waals surface area contributed by atoms with Crippen LogP contribution in [0.2, 0.25) is 0 Å². The van der Waals surface area contributed by atoms with Gasteiger partial charge in [0.1, 0.15) is 6.33 Å². The Bertz CT molecular complexity index is 857. The summed E-state index contributed by atoms with van der Waals surface area (Å²) in [6, 6.07) is 8.03. The van der Waals surface area contributed by atoms with Gasteiger partial charge in [0, 0.05) is 6.20 Å². The van der Waals surface area contributed by atoms with Crippen molar-refractivity contribution in [2.24, 2.45) is 0 Å². The van der Waals surface area contributed by atoms with Crippen molar-refractivity contribution in [3.63, 3.8) is 0 Å². The zero-order chi connectivity index (χ0) is 16.4. The zero-order valence-corrected chi connectivity index (χ0v) is 11.7. The van der Waals surface area contributed by atoms with Gasteiger partial charge in [0.2, 0.25) is 5.91 Å². The molecule has 1 N–H and O–H groups in total. The van der Waals surface area contributed by atoms with E-state index in [0.29, 0.717) is 11.3 Å². The summed E-state index contributed by atoms with van der Waals surface area (Å²) in [6.45, 7) is 0. The van der Waals surface area contributed by atoms with E-state index in [4.69, 9.17) is 0 Å². The zero-order valence-electron chi connectivity index (χ0n) is 11.7. The van der Waals surface area contributed by atoms with E-state index < -0.39 is 17.6 Å². The number of anilines is 1. The van der Waals surface area contributed by atoms with Crippen LogP contribution in [0, 0.1) is 0 Å². The fourth-order valence-corrected chi connectivity index (χ4v) is 2.18. The second kappa shape index (κ2) is 5.71. The summed E-state index contributed by atoms with van der Waals surface area (Å²) in [5.74, 6) is -0.430. The summed E-state index contributed by atoms with van der Waals surface area (Å²) >= 11 is 0. The Morgan fingerprint density at radius 1 is 1.22 bits per heavy atom. The molecular formula is C15H11F3N4O. The van der Waals surface area contributed by atoms with Gasteiger partial charge in [0.15, 0.2) is 5.65 Å². The molecule has 0 aliphatic carbocycles. The van der Waals surface area contributed by atoms with Gasteiger partial charge in [0.05, 0.1) is 17.7 Å². The van der Waals surface area contributed by atoms with E-state index in [1.54, 1.807) is 18.3 Å². The van der Waals surface area contributed by atoms with E-state index in [-0.39, 0.29) is 12.0 Å². The highest BCUT2D eigenvalue weighted by Gasteiger charge is 2.30. The van der Waals surface area contributed by atoms with Crippen molar-refractivity contribution in [1.29, 1.82) is 0 Å². The van der Waals surface area contributed by atoms with E-state index in [1.165, 1.54) is 23.0 Å². The lowest BCUT2D eigenvalue weighted by Crippen LogP contribution is -2.16. The van der Waals surface area contributed by atoms with Crippen molar-refractivity contribution in [3.05, 3.63) is 60.0 Å². The third kappa shape index (κ3) is 3.31.